The Morgan fingerprint density at radius 2 is 1.71 bits per heavy atom. The van der Waals surface area contributed by atoms with Gasteiger partial charge in [-0.3, -0.25) is 0 Å². The molecule has 0 aromatic heterocycles. The molecule has 0 amide bonds. The number of unbranched alkanes of at least 4 members (excludes halogenated alkanes) is 1. The molecule has 2 fully saturated rings. The van der Waals surface area contributed by atoms with Gasteiger partial charge < -0.3 is 4.74 Å². The lowest BCUT2D eigenvalue weighted by Gasteiger charge is -2.42. The lowest BCUT2D eigenvalue weighted by molar-refractivity contribution is 0.112. The zero-order valence-corrected chi connectivity index (χ0v) is 17.1. The van der Waals surface area contributed by atoms with Gasteiger partial charge >= 0.3 is 0 Å². The molecule has 1 nitrogen and oxygen atoms in total. The first-order valence-electron chi connectivity index (χ1n) is 11.1. The Hall–Kier alpha value is -1.64. The highest BCUT2D eigenvalue weighted by molar-refractivity contribution is 5.85. The van der Waals surface area contributed by atoms with Crippen LogP contribution in [-0.4, -0.2) is 7.11 Å². The fourth-order valence-corrected chi connectivity index (χ4v) is 5.78. The molecule has 2 aromatic rings. The molecule has 4 rings (SSSR count). The molecule has 152 valence electrons. The molecule has 3 heteroatoms. The summed E-state index contributed by atoms with van der Waals surface area (Å²) in [4.78, 5) is 0. The molecule has 28 heavy (non-hydrogen) atoms. The maximum atomic E-state index is 14.9. The van der Waals surface area contributed by atoms with Crippen molar-refractivity contribution in [2.24, 2.45) is 17.8 Å². The van der Waals surface area contributed by atoms with E-state index in [4.69, 9.17) is 4.74 Å². The van der Waals surface area contributed by atoms with Crippen molar-refractivity contribution < 1.29 is 13.5 Å². The van der Waals surface area contributed by atoms with Crippen LogP contribution in [-0.2, 0) is 0 Å². The van der Waals surface area contributed by atoms with Crippen molar-refractivity contribution in [3.63, 3.8) is 0 Å². The van der Waals surface area contributed by atoms with E-state index in [1.54, 1.807) is 12.1 Å². The van der Waals surface area contributed by atoms with Gasteiger partial charge in [-0.05, 0) is 84.9 Å². The normalized spacial score (nSPS) is 27.6. The lowest BCUT2D eigenvalue weighted by atomic mass is 9.63. The Bertz CT molecular complexity index is 831. The topological polar surface area (TPSA) is 9.23 Å². The predicted octanol–water partition coefficient (Wildman–Crippen LogP) is 7.62. The van der Waals surface area contributed by atoms with Gasteiger partial charge in [0.05, 0.1) is 7.11 Å². The van der Waals surface area contributed by atoms with E-state index in [0.717, 1.165) is 24.7 Å². The SMILES string of the molecule is CCCCC1CCC2C[C@H](c3cc4c(F)cc(OC)cc4cc3F)CC[C@@H]2C1. The average molecular weight is 387 g/mol. The van der Waals surface area contributed by atoms with Crippen LogP contribution in [0.3, 0.4) is 0 Å². The molecule has 0 saturated heterocycles. The van der Waals surface area contributed by atoms with Crippen LogP contribution in [0.15, 0.2) is 24.3 Å². The van der Waals surface area contributed by atoms with Crippen molar-refractivity contribution >= 4 is 10.8 Å². The van der Waals surface area contributed by atoms with Gasteiger partial charge in [-0.1, -0.05) is 32.6 Å². The molecule has 2 unspecified atom stereocenters. The summed E-state index contributed by atoms with van der Waals surface area (Å²) < 4.78 is 34.6. The van der Waals surface area contributed by atoms with E-state index in [-0.39, 0.29) is 17.6 Å². The summed E-state index contributed by atoms with van der Waals surface area (Å²) >= 11 is 0. The van der Waals surface area contributed by atoms with Gasteiger partial charge in [0.2, 0.25) is 0 Å². The van der Waals surface area contributed by atoms with E-state index in [9.17, 15) is 8.78 Å². The molecule has 2 aliphatic rings. The minimum absolute atomic E-state index is 0.194. The van der Waals surface area contributed by atoms with E-state index in [1.165, 1.54) is 64.2 Å². The van der Waals surface area contributed by atoms with E-state index in [2.05, 4.69) is 6.92 Å². The average Bonchev–Trinajstić information content (AvgIpc) is 2.71. The van der Waals surface area contributed by atoms with Crippen molar-refractivity contribution in [3.05, 3.63) is 41.5 Å². The third-order valence-corrected chi connectivity index (χ3v) is 7.36. The van der Waals surface area contributed by atoms with E-state index in [1.807, 2.05) is 0 Å². The third kappa shape index (κ3) is 3.90. The summed E-state index contributed by atoms with van der Waals surface area (Å²) in [5.41, 5.74) is 0.711. The summed E-state index contributed by atoms with van der Waals surface area (Å²) in [5, 5.41) is 1.07. The van der Waals surface area contributed by atoms with Gasteiger partial charge in [-0.15, -0.1) is 0 Å². The van der Waals surface area contributed by atoms with Crippen LogP contribution in [0.5, 0.6) is 5.75 Å². The van der Waals surface area contributed by atoms with Crippen LogP contribution < -0.4 is 4.74 Å². The highest BCUT2D eigenvalue weighted by Crippen LogP contribution is 2.49. The number of hydrogen-bond donors (Lipinski definition) is 0. The van der Waals surface area contributed by atoms with E-state index in [0.29, 0.717) is 28.0 Å². The Balaban J connectivity index is 1.52. The van der Waals surface area contributed by atoms with Crippen molar-refractivity contribution in [1.29, 1.82) is 0 Å². The first-order valence-corrected chi connectivity index (χ1v) is 11.1. The fourth-order valence-electron chi connectivity index (χ4n) is 5.78. The van der Waals surface area contributed by atoms with Crippen LogP contribution in [0.1, 0.15) is 76.2 Å². The lowest BCUT2D eigenvalue weighted by Crippen LogP contribution is -2.30. The number of halogens is 2. The van der Waals surface area contributed by atoms with Crippen molar-refractivity contribution in [2.75, 3.05) is 7.11 Å². The predicted molar refractivity (Wildman–Crippen MR) is 111 cm³/mol. The van der Waals surface area contributed by atoms with Gasteiger partial charge in [0.25, 0.3) is 0 Å². The third-order valence-electron chi connectivity index (χ3n) is 7.36. The van der Waals surface area contributed by atoms with Crippen LogP contribution in [0.2, 0.25) is 0 Å². The number of fused-ring (bicyclic) bond motifs is 2. The minimum atomic E-state index is -0.333. The van der Waals surface area contributed by atoms with Crippen LogP contribution >= 0.6 is 0 Å². The first kappa shape index (κ1) is 19.7. The summed E-state index contributed by atoms with van der Waals surface area (Å²) in [6.07, 6.45) is 11.3. The van der Waals surface area contributed by atoms with Gasteiger partial charge in [0.1, 0.15) is 17.4 Å². The summed E-state index contributed by atoms with van der Waals surface area (Å²) in [7, 11) is 1.50. The molecule has 0 bridgehead atoms. The van der Waals surface area contributed by atoms with Crippen molar-refractivity contribution in [3.8, 4) is 5.75 Å². The van der Waals surface area contributed by atoms with Crippen molar-refractivity contribution in [2.45, 2.75) is 70.6 Å². The molecule has 0 radical (unpaired) electrons. The van der Waals surface area contributed by atoms with Crippen LogP contribution in [0.4, 0.5) is 8.78 Å². The Morgan fingerprint density at radius 3 is 2.50 bits per heavy atom. The highest BCUT2D eigenvalue weighted by Gasteiger charge is 2.36. The first-order chi connectivity index (χ1) is 13.6. The van der Waals surface area contributed by atoms with Crippen LogP contribution in [0, 0.1) is 29.4 Å². The number of hydrogen-bond acceptors (Lipinski definition) is 1. The number of methoxy groups -OCH3 is 1. The molecule has 0 heterocycles. The second-order valence-electron chi connectivity index (χ2n) is 9.06. The molecule has 2 aliphatic carbocycles. The van der Waals surface area contributed by atoms with Gasteiger partial charge in [0.15, 0.2) is 0 Å². The standard InChI is InChI=1S/C25H32F2O/c1-3-4-5-16-6-7-18-11-19(9-8-17(18)10-16)22-15-23-20(13-24(22)26)12-21(28-2)14-25(23)27/h12-19H,3-11H2,1-2H3/t16?,17-,18?,19-/m1/s1. The number of benzene rings is 2. The smallest absolute Gasteiger partial charge is 0.134 e. The van der Waals surface area contributed by atoms with Crippen LogP contribution in [0.25, 0.3) is 10.8 Å². The molecular formula is C25H32F2O. The summed E-state index contributed by atoms with van der Waals surface area (Å²) in [6, 6.07) is 6.35. The number of ether oxygens (including phenoxy) is 1. The molecule has 0 aliphatic heterocycles. The second-order valence-corrected chi connectivity index (χ2v) is 9.06. The summed E-state index contributed by atoms with van der Waals surface area (Å²) in [5.74, 6) is 2.56. The Labute approximate surface area is 167 Å². The van der Waals surface area contributed by atoms with Gasteiger partial charge in [0, 0.05) is 11.5 Å². The maximum Gasteiger partial charge on any atom is 0.134 e. The maximum absolute atomic E-state index is 14.9. The van der Waals surface area contributed by atoms with Gasteiger partial charge in [-0.25, -0.2) is 8.78 Å². The fraction of sp³-hybridized carbons (Fsp3) is 0.600. The molecule has 0 spiro atoms. The monoisotopic (exact) mass is 386 g/mol. The zero-order valence-electron chi connectivity index (χ0n) is 17.1. The minimum Gasteiger partial charge on any atom is -0.497 e. The summed E-state index contributed by atoms with van der Waals surface area (Å²) in [6.45, 7) is 2.27. The van der Waals surface area contributed by atoms with E-state index >= 15 is 0 Å². The highest BCUT2D eigenvalue weighted by atomic mass is 19.1. The largest absolute Gasteiger partial charge is 0.497 e. The molecule has 0 N–H and O–H groups in total. The number of rotatable bonds is 5. The Morgan fingerprint density at radius 1 is 0.929 bits per heavy atom. The molecule has 2 aromatic carbocycles. The zero-order chi connectivity index (χ0) is 19.7. The molecule has 4 atom stereocenters. The molecular weight excluding hydrogens is 354 g/mol. The Kier molecular flexibility index (Phi) is 5.89. The van der Waals surface area contributed by atoms with E-state index < -0.39 is 0 Å². The second kappa shape index (κ2) is 8.39. The van der Waals surface area contributed by atoms with Crippen molar-refractivity contribution in [1.82, 2.24) is 0 Å². The quantitative estimate of drug-likeness (QED) is 0.513. The van der Waals surface area contributed by atoms with Gasteiger partial charge in [-0.2, -0.15) is 0 Å². The molecule has 2 saturated carbocycles.